The number of ketones is 1. The van der Waals surface area contributed by atoms with Gasteiger partial charge >= 0.3 is 0 Å². The number of benzene rings is 3. The van der Waals surface area contributed by atoms with Gasteiger partial charge in [-0.25, -0.2) is 0 Å². The minimum Gasteiger partial charge on any atom is -0.489 e. The molecule has 0 saturated carbocycles. The van der Waals surface area contributed by atoms with Crippen molar-refractivity contribution in [3.05, 3.63) is 100 Å². The fraction of sp³-hybridized carbons (Fsp3) is 0.0800. The summed E-state index contributed by atoms with van der Waals surface area (Å²) in [5.41, 5.74) is 3.60. The number of carbonyl (C=O) groups is 1. The van der Waals surface area contributed by atoms with E-state index in [2.05, 4.69) is 0 Å². The maximum absolute atomic E-state index is 12.8. The Kier molecular flexibility index (Phi) is 4.57. The molecule has 0 aliphatic carbocycles. The number of halogens is 1. The van der Waals surface area contributed by atoms with E-state index < -0.39 is 0 Å². The van der Waals surface area contributed by atoms with Crippen LogP contribution in [-0.4, -0.2) is 10.4 Å². The monoisotopic (exact) mass is 415 g/mol. The van der Waals surface area contributed by atoms with Crippen molar-refractivity contribution in [2.45, 2.75) is 6.61 Å². The molecule has 3 aromatic carbocycles. The maximum Gasteiger partial charge on any atom is 0.231 e. The van der Waals surface area contributed by atoms with Gasteiger partial charge in [-0.15, -0.1) is 0 Å². The first-order valence-corrected chi connectivity index (χ1v) is 9.96. The van der Waals surface area contributed by atoms with Crippen molar-refractivity contribution in [1.82, 2.24) is 4.57 Å². The number of para-hydroxylation sites is 1. The van der Waals surface area contributed by atoms with Gasteiger partial charge in [-0.2, -0.15) is 0 Å². The molecule has 1 aliphatic rings. The fourth-order valence-corrected chi connectivity index (χ4v) is 3.76. The molecule has 1 aromatic heterocycles. The Morgan fingerprint density at radius 1 is 1.07 bits per heavy atom. The molecule has 0 bridgehead atoms. The van der Waals surface area contributed by atoms with Crippen LogP contribution in [0.1, 0.15) is 21.5 Å². The van der Waals surface area contributed by atoms with Crippen LogP contribution in [0.4, 0.5) is 0 Å². The summed E-state index contributed by atoms with van der Waals surface area (Å²) in [6.07, 6.45) is 3.80. The van der Waals surface area contributed by atoms with Gasteiger partial charge in [0.15, 0.2) is 5.76 Å². The molecular formula is C25H18ClNO3. The minimum atomic E-state index is -0.123. The Hall–Kier alpha value is -3.50. The number of aromatic nitrogens is 1. The summed E-state index contributed by atoms with van der Waals surface area (Å²) in [6.45, 7) is 0.405. The third-order valence-corrected chi connectivity index (χ3v) is 5.43. The summed E-state index contributed by atoms with van der Waals surface area (Å²) < 4.78 is 13.8. The summed E-state index contributed by atoms with van der Waals surface area (Å²) in [5.74, 6) is 1.35. The van der Waals surface area contributed by atoms with Crippen molar-refractivity contribution in [3.63, 3.8) is 0 Å². The molecule has 2 heterocycles. The molecule has 30 heavy (non-hydrogen) atoms. The van der Waals surface area contributed by atoms with E-state index in [0.717, 1.165) is 22.0 Å². The number of hydrogen-bond acceptors (Lipinski definition) is 3. The Bertz CT molecular complexity index is 1300. The van der Waals surface area contributed by atoms with E-state index in [9.17, 15) is 4.79 Å². The molecule has 0 N–H and O–H groups in total. The van der Waals surface area contributed by atoms with Gasteiger partial charge in [0.2, 0.25) is 5.78 Å². The van der Waals surface area contributed by atoms with Gasteiger partial charge < -0.3 is 14.0 Å². The van der Waals surface area contributed by atoms with Crippen LogP contribution in [-0.2, 0) is 13.7 Å². The second kappa shape index (κ2) is 7.39. The molecule has 148 valence electrons. The smallest absolute Gasteiger partial charge is 0.231 e. The molecule has 0 spiro atoms. The lowest BCUT2D eigenvalue weighted by molar-refractivity contribution is 0.101. The van der Waals surface area contributed by atoms with Gasteiger partial charge in [-0.1, -0.05) is 41.9 Å². The fourth-order valence-electron chi connectivity index (χ4n) is 3.63. The van der Waals surface area contributed by atoms with Crippen LogP contribution in [0.15, 0.2) is 78.7 Å². The Morgan fingerprint density at radius 2 is 1.87 bits per heavy atom. The van der Waals surface area contributed by atoms with Crippen LogP contribution in [0.2, 0.25) is 5.02 Å². The lowest BCUT2D eigenvalue weighted by Crippen LogP contribution is -1.97. The first kappa shape index (κ1) is 18.5. The molecule has 0 amide bonds. The van der Waals surface area contributed by atoms with E-state index >= 15 is 0 Å². The number of rotatable bonds is 4. The topological polar surface area (TPSA) is 40.5 Å². The zero-order valence-electron chi connectivity index (χ0n) is 16.3. The van der Waals surface area contributed by atoms with Crippen molar-refractivity contribution in [2.75, 3.05) is 0 Å². The molecular weight excluding hydrogens is 398 g/mol. The Labute approximate surface area is 178 Å². The third kappa shape index (κ3) is 3.36. The lowest BCUT2D eigenvalue weighted by Gasteiger charge is -2.07. The van der Waals surface area contributed by atoms with Gasteiger partial charge in [0.1, 0.15) is 18.1 Å². The second-order valence-electron chi connectivity index (χ2n) is 7.23. The largest absolute Gasteiger partial charge is 0.489 e. The van der Waals surface area contributed by atoms with E-state index in [4.69, 9.17) is 21.1 Å². The Morgan fingerprint density at radius 3 is 2.70 bits per heavy atom. The molecule has 1 aliphatic heterocycles. The van der Waals surface area contributed by atoms with Crippen LogP contribution < -0.4 is 9.47 Å². The quantitative estimate of drug-likeness (QED) is 0.382. The van der Waals surface area contributed by atoms with Gasteiger partial charge in [-0.3, -0.25) is 4.79 Å². The number of hydrogen-bond donors (Lipinski definition) is 0. The van der Waals surface area contributed by atoms with Crippen LogP contribution >= 0.6 is 11.6 Å². The van der Waals surface area contributed by atoms with Crippen molar-refractivity contribution in [1.29, 1.82) is 0 Å². The number of carbonyl (C=O) groups excluding carboxylic acids is 1. The summed E-state index contributed by atoms with van der Waals surface area (Å²) in [4.78, 5) is 12.8. The molecule has 5 heteroatoms. The molecule has 0 unspecified atom stereocenters. The third-order valence-electron chi connectivity index (χ3n) is 5.17. The Balaban J connectivity index is 1.39. The van der Waals surface area contributed by atoms with Gasteiger partial charge in [0.25, 0.3) is 0 Å². The van der Waals surface area contributed by atoms with Crippen LogP contribution in [0, 0.1) is 0 Å². The van der Waals surface area contributed by atoms with E-state index in [0.29, 0.717) is 34.5 Å². The predicted molar refractivity (Wildman–Crippen MR) is 118 cm³/mol. The summed E-state index contributed by atoms with van der Waals surface area (Å²) >= 11 is 5.92. The maximum atomic E-state index is 12.8. The minimum absolute atomic E-state index is 0.123. The number of aryl methyl sites for hydroxylation is 1. The highest BCUT2D eigenvalue weighted by Crippen LogP contribution is 2.36. The number of allylic oxidation sites excluding steroid dienone is 1. The summed E-state index contributed by atoms with van der Waals surface area (Å²) in [5, 5.41) is 1.76. The van der Waals surface area contributed by atoms with Gasteiger partial charge in [-0.05, 0) is 42.0 Å². The van der Waals surface area contributed by atoms with Crippen LogP contribution in [0.25, 0.3) is 17.0 Å². The highest BCUT2D eigenvalue weighted by atomic mass is 35.5. The highest BCUT2D eigenvalue weighted by Gasteiger charge is 2.28. The van der Waals surface area contributed by atoms with Gasteiger partial charge in [0, 0.05) is 40.8 Å². The lowest BCUT2D eigenvalue weighted by atomic mass is 10.1. The first-order valence-electron chi connectivity index (χ1n) is 9.58. The predicted octanol–water partition coefficient (Wildman–Crippen LogP) is 6.03. The molecule has 0 radical (unpaired) electrons. The molecule has 5 rings (SSSR count). The molecule has 4 nitrogen and oxygen atoms in total. The number of Topliss-reactive ketones (excluding diaryl/α,β-unsaturated/α-hetero) is 1. The van der Waals surface area contributed by atoms with E-state index in [1.165, 1.54) is 0 Å². The van der Waals surface area contributed by atoms with Crippen LogP contribution in [0.3, 0.4) is 0 Å². The first-order chi connectivity index (χ1) is 14.6. The zero-order valence-corrected chi connectivity index (χ0v) is 17.0. The average molecular weight is 416 g/mol. The van der Waals surface area contributed by atoms with Crippen molar-refractivity contribution in [2.24, 2.45) is 7.05 Å². The average Bonchev–Trinajstić information content (AvgIpc) is 3.24. The van der Waals surface area contributed by atoms with Crippen molar-refractivity contribution >= 4 is 34.4 Å². The van der Waals surface area contributed by atoms with E-state index in [-0.39, 0.29) is 5.78 Å². The van der Waals surface area contributed by atoms with Crippen LogP contribution in [0.5, 0.6) is 11.5 Å². The van der Waals surface area contributed by atoms with Crippen molar-refractivity contribution < 1.29 is 14.3 Å². The molecule has 0 fully saturated rings. The summed E-state index contributed by atoms with van der Waals surface area (Å²) in [7, 11) is 1.99. The number of nitrogens with zero attached hydrogens (tertiary/aromatic N) is 1. The second-order valence-corrected chi connectivity index (χ2v) is 7.66. The van der Waals surface area contributed by atoms with E-state index in [1.54, 1.807) is 24.3 Å². The molecule has 0 saturated heterocycles. The normalized spacial score (nSPS) is 14.2. The van der Waals surface area contributed by atoms with E-state index in [1.807, 2.05) is 66.3 Å². The summed E-state index contributed by atoms with van der Waals surface area (Å²) in [6, 6.07) is 20.9. The van der Waals surface area contributed by atoms with Gasteiger partial charge in [0.05, 0.1) is 5.56 Å². The SMILES string of the molecule is Cn1cc(/C=C2/Oc3cc(OCc4ccc(Cl)cc4)ccc3C2=O)c2ccccc21. The number of ether oxygens (including phenoxy) is 2. The number of fused-ring (bicyclic) bond motifs is 2. The molecule has 4 aromatic rings. The zero-order chi connectivity index (χ0) is 20.7. The highest BCUT2D eigenvalue weighted by molar-refractivity contribution is 6.30. The van der Waals surface area contributed by atoms with Crippen molar-refractivity contribution in [3.8, 4) is 11.5 Å². The molecule has 0 atom stereocenters. The standard InChI is InChI=1S/C25H18ClNO3/c1-27-14-17(20-4-2-3-5-22(20)27)12-24-25(28)21-11-10-19(13-23(21)30-24)29-15-16-6-8-18(26)9-7-16/h2-14H,15H2,1H3/b24-12+.